The van der Waals surface area contributed by atoms with Crippen LogP contribution in [0.15, 0.2) is 18.2 Å². The molecule has 0 aromatic heterocycles. The molecule has 0 atom stereocenters. The molecule has 4 heteroatoms. The SMILES string of the molecule is CC(C)C(C)(C)CNc1ccc(C(N)=S)cc1Cl. The zero-order valence-electron chi connectivity index (χ0n) is 11.4. The van der Waals surface area contributed by atoms with Crippen LogP contribution in [-0.4, -0.2) is 11.5 Å². The van der Waals surface area contributed by atoms with Crippen molar-refractivity contribution in [3.05, 3.63) is 28.8 Å². The summed E-state index contributed by atoms with van der Waals surface area (Å²) in [5.74, 6) is 0.597. The summed E-state index contributed by atoms with van der Waals surface area (Å²) in [5.41, 5.74) is 7.50. The molecule has 18 heavy (non-hydrogen) atoms. The third-order valence-electron chi connectivity index (χ3n) is 3.55. The Morgan fingerprint density at radius 3 is 2.50 bits per heavy atom. The van der Waals surface area contributed by atoms with Crippen molar-refractivity contribution in [2.24, 2.45) is 17.1 Å². The summed E-state index contributed by atoms with van der Waals surface area (Å²) in [6, 6.07) is 5.61. The minimum Gasteiger partial charge on any atom is -0.389 e. The maximum atomic E-state index is 6.20. The third kappa shape index (κ3) is 3.85. The standard InChI is InChI=1S/C14H21ClN2S/c1-9(2)14(3,4)8-17-12-6-5-10(13(16)18)7-11(12)15/h5-7,9,17H,8H2,1-4H3,(H2,16,18). The largest absolute Gasteiger partial charge is 0.389 e. The fourth-order valence-corrected chi connectivity index (χ4v) is 1.71. The van der Waals surface area contributed by atoms with Gasteiger partial charge in [0.2, 0.25) is 0 Å². The minimum absolute atomic E-state index is 0.213. The molecule has 0 bridgehead atoms. The average molecular weight is 285 g/mol. The van der Waals surface area contributed by atoms with E-state index in [9.17, 15) is 0 Å². The molecule has 0 saturated carbocycles. The van der Waals surface area contributed by atoms with E-state index in [1.54, 1.807) is 6.07 Å². The summed E-state index contributed by atoms with van der Waals surface area (Å²) in [7, 11) is 0. The van der Waals surface area contributed by atoms with Crippen molar-refractivity contribution < 1.29 is 0 Å². The Morgan fingerprint density at radius 2 is 2.06 bits per heavy atom. The molecule has 2 nitrogen and oxygen atoms in total. The van der Waals surface area contributed by atoms with Crippen LogP contribution < -0.4 is 11.1 Å². The van der Waals surface area contributed by atoms with Crippen LogP contribution in [-0.2, 0) is 0 Å². The van der Waals surface area contributed by atoms with Crippen LogP contribution in [0.25, 0.3) is 0 Å². The summed E-state index contributed by atoms with van der Waals surface area (Å²) in [6.07, 6.45) is 0. The van der Waals surface area contributed by atoms with Gasteiger partial charge in [0.1, 0.15) is 4.99 Å². The number of rotatable bonds is 5. The second-order valence-electron chi connectivity index (χ2n) is 5.56. The minimum atomic E-state index is 0.213. The molecule has 1 rings (SSSR count). The van der Waals surface area contributed by atoms with Gasteiger partial charge in [0.25, 0.3) is 0 Å². The van der Waals surface area contributed by atoms with E-state index in [0.29, 0.717) is 15.9 Å². The van der Waals surface area contributed by atoms with Crippen molar-refractivity contribution in [1.29, 1.82) is 0 Å². The molecule has 1 aromatic carbocycles. The van der Waals surface area contributed by atoms with Crippen molar-refractivity contribution in [2.45, 2.75) is 27.7 Å². The summed E-state index contributed by atoms with van der Waals surface area (Å²) in [6.45, 7) is 9.79. The molecular weight excluding hydrogens is 264 g/mol. The van der Waals surface area contributed by atoms with Crippen LogP contribution in [0.3, 0.4) is 0 Å². The highest BCUT2D eigenvalue weighted by Gasteiger charge is 2.22. The number of anilines is 1. The Hall–Kier alpha value is -0.800. The first-order valence-electron chi connectivity index (χ1n) is 6.07. The van der Waals surface area contributed by atoms with Gasteiger partial charge in [-0.05, 0) is 29.5 Å². The molecule has 0 unspecified atom stereocenters. The van der Waals surface area contributed by atoms with Crippen molar-refractivity contribution in [3.8, 4) is 0 Å². The zero-order valence-corrected chi connectivity index (χ0v) is 13.0. The number of thiocarbonyl (C=S) groups is 1. The lowest BCUT2D eigenvalue weighted by Gasteiger charge is -2.30. The van der Waals surface area contributed by atoms with E-state index in [-0.39, 0.29) is 5.41 Å². The quantitative estimate of drug-likeness (QED) is 0.801. The molecule has 0 aliphatic carbocycles. The van der Waals surface area contributed by atoms with E-state index in [0.717, 1.165) is 17.8 Å². The van der Waals surface area contributed by atoms with Gasteiger partial charge in [-0.1, -0.05) is 51.5 Å². The predicted molar refractivity (Wildman–Crippen MR) is 84.4 cm³/mol. The third-order valence-corrected chi connectivity index (χ3v) is 4.10. The molecular formula is C14H21ClN2S. The maximum absolute atomic E-state index is 6.20. The first-order valence-corrected chi connectivity index (χ1v) is 6.86. The molecule has 0 saturated heterocycles. The van der Waals surface area contributed by atoms with Crippen LogP contribution in [0.2, 0.25) is 5.02 Å². The Kier molecular flexibility index (Phi) is 5.00. The van der Waals surface area contributed by atoms with Crippen molar-refractivity contribution in [3.63, 3.8) is 0 Å². The Bertz CT molecular complexity index is 441. The van der Waals surface area contributed by atoms with E-state index in [4.69, 9.17) is 29.6 Å². The topological polar surface area (TPSA) is 38.0 Å². The van der Waals surface area contributed by atoms with Gasteiger partial charge in [-0.25, -0.2) is 0 Å². The fourth-order valence-electron chi connectivity index (χ4n) is 1.34. The van der Waals surface area contributed by atoms with Crippen LogP contribution in [0, 0.1) is 11.3 Å². The van der Waals surface area contributed by atoms with Gasteiger partial charge in [-0.2, -0.15) is 0 Å². The van der Waals surface area contributed by atoms with Crippen molar-refractivity contribution in [1.82, 2.24) is 0 Å². The van der Waals surface area contributed by atoms with Gasteiger partial charge in [-0.15, -0.1) is 0 Å². The second kappa shape index (κ2) is 5.89. The number of nitrogens with two attached hydrogens (primary N) is 1. The van der Waals surface area contributed by atoms with E-state index < -0.39 is 0 Å². The number of halogens is 1. The molecule has 3 N–H and O–H groups in total. The van der Waals surface area contributed by atoms with Gasteiger partial charge in [-0.3, -0.25) is 0 Å². The van der Waals surface area contributed by atoms with Crippen molar-refractivity contribution in [2.75, 3.05) is 11.9 Å². The molecule has 0 fully saturated rings. The Labute approximate surface area is 120 Å². The van der Waals surface area contributed by atoms with Gasteiger partial charge >= 0.3 is 0 Å². The van der Waals surface area contributed by atoms with Gasteiger partial charge < -0.3 is 11.1 Å². The summed E-state index contributed by atoms with van der Waals surface area (Å²) >= 11 is 11.1. The highest BCUT2D eigenvalue weighted by atomic mass is 35.5. The Morgan fingerprint density at radius 1 is 1.44 bits per heavy atom. The molecule has 0 radical (unpaired) electrons. The van der Waals surface area contributed by atoms with Crippen molar-refractivity contribution >= 4 is 34.5 Å². The molecule has 0 heterocycles. The van der Waals surface area contributed by atoms with Gasteiger partial charge in [0.05, 0.1) is 10.7 Å². The normalized spacial score (nSPS) is 11.7. The van der Waals surface area contributed by atoms with Gasteiger partial charge in [0.15, 0.2) is 0 Å². The predicted octanol–water partition coefficient (Wildman–Crippen LogP) is 4.07. The number of nitrogens with one attached hydrogen (secondary N) is 1. The maximum Gasteiger partial charge on any atom is 0.104 e. The highest BCUT2D eigenvalue weighted by molar-refractivity contribution is 7.80. The molecule has 0 aliphatic rings. The fraction of sp³-hybridized carbons (Fsp3) is 0.500. The first-order chi connectivity index (χ1) is 8.24. The Balaban J connectivity index is 2.78. The highest BCUT2D eigenvalue weighted by Crippen LogP contribution is 2.29. The van der Waals surface area contributed by atoms with Crippen LogP contribution in [0.5, 0.6) is 0 Å². The first kappa shape index (κ1) is 15.3. The second-order valence-corrected chi connectivity index (χ2v) is 6.40. The summed E-state index contributed by atoms with van der Waals surface area (Å²) < 4.78 is 0. The van der Waals surface area contributed by atoms with Crippen LogP contribution >= 0.6 is 23.8 Å². The number of hydrogen-bond acceptors (Lipinski definition) is 2. The van der Waals surface area contributed by atoms with E-state index in [1.807, 2.05) is 12.1 Å². The lowest BCUT2D eigenvalue weighted by Crippen LogP contribution is -2.28. The average Bonchev–Trinajstić information content (AvgIpc) is 2.26. The summed E-state index contributed by atoms with van der Waals surface area (Å²) in [4.78, 5) is 0.367. The number of benzene rings is 1. The molecule has 100 valence electrons. The lowest BCUT2D eigenvalue weighted by atomic mass is 9.81. The van der Waals surface area contributed by atoms with Crippen LogP contribution in [0.1, 0.15) is 33.3 Å². The molecule has 0 spiro atoms. The number of hydrogen-bond donors (Lipinski definition) is 2. The molecule has 0 aliphatic heterocycles. The van der Waals surface area contributed by atoms with E-state index in [2.05, 4.69) is 33.0 Å². The zero-order chi connectivity index (χ0) is 13.9. The smallest absolute Gasteiger partial charge is 0.104 e. The monoisotopic (exact) mass is 284 g/mol. The van der Waals surface area contributed by atoms with Gasteiger partial charge in [0, 0.05) is 12.1 Å². The summed E-state index contributed by atoms with van der Waals surface area (Å²) in [5, 5.41) is 4.04. The molecule has 0 amide bonds. The van der Waals surface area contributed by atoms with E-state index >= 15 is 0 Å². The lowest BCUT2D eigenvalue weighted by molar-refractivity contribution is 0.270. The molecule has 1 aromatic rings. The van der Waals surface area contributed by atoms with Crippen LogP contribution in [0.4, 0.5) is 5.69 Å². The van der Waals surface area contributed by atoms with E-state index in [1.165, 1.54) is 0 Å².